The van der Waals surface area contributed by atoms with Crippen LogP contribution in [0.4, 0.5) is 5.69 Å². The van der Waals surface area contributed by atoms with Gasteiger partial charge < -0.3 is 10.6 Å². The zero-order valence-corrected chi connectivity index (χ0v) is 16.6. The summed E-state index contributed by atoms with van der Waals surface area (Å²) >= 11 is 6.00. The molecule has 2 aromatic rings. The molecule has 0 heterocycles. The van der Waals surface area contributed by atoms with Crippen molar-refractivity contribution in [1.29, 1.82) is 0 Å². The molecular formula is C20H22ClN3O4. The molecule has 1 atom stereocenters. The highest BCUT2D eigenvalue weighted by molar-refractivity contribution is 6.34. The van der Waals surface area contributed by atoms with Gasteiger partial charge in [-0.25, -0.2) is 0 Å². The van der Waals surface area contributed by atoms with Crippen LogP contribution in [0.2, 0.25) is 5.02 Å². The summed E-state index contributed by atoms with van der Waals surface area (Å²) in [4.78, 5) is 35.3. The number of nitro benzene ring substituents is 1. The lowest BCUT2D eigenvalue weighted by Crippen LogP contribution is -2.49. The maximum absolute atomic E-state index is 12.6. The number of nitrogens with zero attached hydrogens (tertiary/aromatic N) is 1. The normalized spacial score (nSPS) is 11.8. The molecule has 0 aliphatic rings. The van der Waals surface area contributed by atoms with Crippen molar-refractivity contribution in [2.75, 3.05) is 0 Å². The molecule has 8 heteroatoms. The molecule has 28 heavy (non-hydrogen) atoms. The van der Waals surface area contributed by atoms with Gasteiger partial charge in [0.05, 0.1) is 15.5 Å². The molecule has 0 saturated carbocycles. The van der Waals surface area contributed by atoms with Crippen LogP contribution in [0.25, 0.3) is 0 Å². The van der Waals surface area contributed by atoms with Crippen molar-refractivity contribution >= 4 is 29.1 Å². The molecule has 0 aliphatic carbocycles. The number of carbonyl (C=O) groups is 2. The zero-order chi connectivity index (χ0) is 20.8. The van der Waals surface area contributed by atoms with E-state index in [1.54, 1.807) is 0 Å². The van der Waals surface area contributed by atoms with Gasteiger partial charge in [-0.15, -0.1) is 0 Å². The molecule has 148 valence electrons. The number of hydrogen-bond acceptors (Lipinski definition) is 4. The Kier molecular flexibility index (Phi) is 7.12. The number of aryl methyl sites for hydroxylation is 1. The largest absolute Gasteiger partial charge is 0.350 e. The predicted octanol–water partition coefficient (Wildman–Crippen LogP) is 3.63. The maximum Gasteiger partial charge on any atom is 0.270 e. The molecule has 1 unspecified atom stereocenters. The van der Waals surface area contributed by atoms with E-state index in [1.165, 1.54) is 12.1 Å². The van der Waals surface area contributed by atoms with Gasteiger partial charge in [0.2, 0.25) is 5.91 Å². The second kappa shape index (κ2) is 9.32. The van der Waals surface area contributed by atoms with E-state index in [9.17, 15) is 19.7 Å². The molecule has 2 rings (SSSR count). The molecule has 2 N–H and O–H groups in total. The summed E-state index contributed by atoms with van der Waals surface area (Å²) in [6.45, 7) is 5.95. The van der Waals surface area contributed by atoms with Crippen LogP contribution in [0.5, 0.6) is 0 Å². The van der Waals surface area contributed by atoms with Crippen LogP contribution in [0.3, 0.4) is 0 Å². The van der Waals surface area contributed by atoms with Gasteiger partial charge in [-0.05, 0) is 24.5 Å². The molecule has 0 bridgehead atoms. The smallest absolute Gasteiger partial charge is 0.270 e. The Labute approximate surface area is 168 Å². The third kappa shape index (κ3) is 5.53. The minimum Gasteiger partial charge on any atom is -0.350 e. The topological polar surface area (TPSA) is 101 Å². The molecule has 0 aliphatic heterocycles. The first-order valence-electron chi connectivity index (χ1n) is 8.77. The third-order valence-corrected chi connectivity index (χ3v) is 4.54. The van der Waals surface area contributed by atoms with Crippen LogP contribution in [0.1, 0.15) is 35.3 Å². The van der Waals surface area contributed by atoms with Gasteiger partial charge in [0, 0.05) is 18.7 Å². The van der Waals surface area contributed by atoms with Gasteiger partial charge in [0.25, 0.3) is 11.6 Å². The van der Waals surface area contributed by atoms with Crippen LogP contribution in [-0.2, 0) is 11.3 Å². The van der Waals surface area contributed by atoms with Crippen molar-refractivity contribution < 1.29 is 14.5 Å². The molecule has 7 nitrogen and oxygen atoms in total. The molecule has 2 aromatic carbocycles. The molecular weight excluding hydrogens is 382 g/mol. The van der Waals surface area contributed by atoms with E-state index in [0.717, 1.165) is 17.2 Å². The molecule has 0 saturated heterocycles. The van der Waals surface area contributed by atoms with E-state index < -0.39 is 16.9 Å². The highest BCUT2D eigenvalue weighted by atomic mass is 35.5. The third-order valence-electron chi connectivity index (χ3n) is 4.23. The van der Waals surface area contributed by atoms with E-state index in [0.29, 0.717) is 6.54 Å². The molecule has 0 spiro atoms. The molecule has 0 aromatic heterocycles. The van der Waals surface area contributed by atoms with Crippen LogP contribution >= 0.6 is 11.6 Å². The van der Waals surface area contributed by atoms with Gasteiger partial charge in [-0.1, -0.05) is 55.3 Å². The van der Waals surface area contributed by atoms with Crippen molar-refractivity contribution in [3.63, 3.8) is 0 Å². The standard InChI is InChI=1S/C20H22ClN3O4/c1-12(2)18(20(26)22-11-14-6-4-13(3)5-7-14)23-19(25)16-9-8-15(24(27)28)10-17(16)21/h4-10,12,18H,11H2,1-3H3,(H,22,26)(H,23,25). The quantitative estimate of drug-likeness (QED) is 0.544. The first-order chi connectivity index (χ1) is 13.2. The van der Waals surface area contributed by atoms with Crippen LogP contribution in [-0.4, -0.2) is 22.8 Å². The number of halogens is 1. The summed E-state index contributed by atoms with van der Waals surface area (Å²) in [7, 11) is 0. The van der Waals surface area contributed by atoms with Crippen molar-refractivity contribution in [2.45, 2.75) is 33.4 Å². The number of nitrogens with one attached hydrogen (secondary N) is 2. The molecule has 2 amide bonds. The summed E-state index contributed by atoms with van der Waals surface area (Å²) < 4.78 is 0. The lowest BCUT2D eigenvalue weighted by molar-refractivity contribution is -0.384. The van der Waals surface area contributed by atoms with E-state index in [2.05, 4.69) is 10.6 Å². The fourth-order valence-corrected chi connectivity index (χ4v) is 2.82. The van der Waals surface area contributed by atoms with Crippen molar-refractivity contribution in [1.82, 2.24) is 10.6 Å². The number of carbonyl (C=O) groups excluding carboxylic acids is 2. The Bertz CT molecular complexity index is 882. The molecule has 0 fully saturated rings. The molecule has 0 radical (unpaired) electrons. The van der Waals surface area contributed by atoms with Gasteiger partial charge in [-0.2, -0.15) is 0 Å². The van der Waals surface area contributed by atoms with Crippen LogP contribution in [0, 0.1) is 23.0 Å². The minimum atomic E-state index is -0.774. The average molecular weight is 404 g/mol. The second-order valence-electron chi connectivity index (χ2n) is 6.82. The van der Waals surface area contributed by atoms with Gasteiger partial charge >= 0.3 is 0 Å². The second-order valence-corrected chi connectivity index (χ2v) is 7.23. The van der Waals surface area contributed by atoms with Gasteiger partial charge in [-0.3, -0.25) is 19.7 Å². The highest BCUT2D eigenvalue weighted by Gasteiger charge is 2.25. The number of hydrogen-bond donors (Lipinski definition) is 2. The predicted molar refractivity (Wildman–Crippen MR) is 107 cm³/mol. The lowest BCUT2D eigenvalue weighted by atomic mass is 10.0. The fraction of sp³-hybridized carbons (Fsp3) is 0.300. The Morgan fingerprint density at radius 3 is 2.32 bits per heavy atom. The van der Waals surface area contributed by atoms with Crippen LogP contribution in [0.15, 0.2) is 42.5 Å². The Hall–Kier alpha value is -2.93. The number of rotatable bonds is 7. The van der Waals surface area contributed by atoms with E-state index in [4.69, 9.17) is 11.6 Å². The zero-order valence-electron chi connectivity index (χ0n) is 15.9. The first kappa shape index (κ1) is 21.4. The number of nitro groups is 1. The summed E-state index contributed by atoms with van der Waals surface area (Å²) in [5.74, 6) is -1.05. The lowest BCUT2D eigenvalue weighted by Gasteiger charge is -2.22. The minimum absolute atomic E-state index is 0.0470. The number of amides is 2. The number of non-ortho nitro benzene ring substituents is 1. The number of benzene rings is 2. The Morgan fingerprint density at radius 1 is 1.14 bits per heavy atom. The first-order valence-corrected chi connectivity index (χ1v) is 9.15. The monoisotopic (exact) mass is 403 g/mol. The van der Waals surface area contributed by atoms with Crippen molar-refractivity contribution in [2.24, 2.45) is 5.92 Å². The Morgan fingerprint density at radius 2 is 1.79 bits per heavy atom. The van der Waals surface area contributed by atoms with Gasteiger partial charge in [0.1, 0.15) is 6.04 Å². The van der Waals surface area contributed by atoms with Crippen molar-refractivity contribution in [3.8, 4) is 0 Å². The van der Waals surface area contributed by atoms with Crippen molar-refractivity contribution in [3.05, 3.63) is 74.3 Å². The highest BCUT2D eigenvalue weighted by Crippen LogP contribution is 2.22. The maximum atomic E-state index is 12.6. The fourth-order valence-electron chi connectivity index (χ4n) is 2.56. The Balaban J connectivity index is 2.06. The summed E-state index contributed by atoms with van der Waals surface area (Å²) in [5, 5.41) is 16.2. The van der Waals surface area contributed by atoms with Crippen LogP contribution < -0.4 is 10.6 Å². The van der Waals surface area contributed by atoms with E-state index >= 15 is 0 Å². The van der Waals surface area contributed by atoms with E-state index in [1.807, 2.05) is 45.0 Å². The summed E-state index contributed by atoms with van der Waals surface area (Å²) in [6.07, 6.45) is 0. The summed E-state index contributed by atoms with van der Waals surface area (Å²) in [6, 6.07) is 10.6. The average Bonchev–Trinajstić information content (AvgIpc) is 2.64. The summed E-state index contributed by atoms with van der Waals surface area (Å²) in [5.41, 5.74) is 1.94. The SMILES string of the molecule is Cc1ccc(CNC(=O)C(NC(=O)c2ccc([N+](=O)[O-])cc2Cl)C(C)C)cc1. The van der Waals surface area contributed by atoms with Gasteiger partial charge in [0.15, 0.2) is 0 Å². The van der Waals surface area contributed by atoms with E-state index in [-0.39, 0.29) is 28.1 Å².